The fourth-order valence-corrected chi connectivity index (χ4v) is 1.93. The van der Waals surface area contributed by atoms with Crippen molar-refractivity contribution in [1.29, 1.82) is 0 Å². The van der Waals surface area contributed by atoms with E-state index < -0.39 is 0 Å². The molecule has 3 heteroatoms. The molecule has 0 aliphatic heterocycles. The van der Waals surface area contributed by atoms with Crippen molar-refractivity contribution in [3.05, 3.63) is 42.6 Å². The van der Waals surface area contributed by atoms with Gasteiger partial charge in [0.1, 0.15) is 5.75 Å². The van der Waals surface area contributed by atoms with E-state index in [2.05, 4.69) is 29.1 Å². The molecule has 2 N–H and O–H groups in total. The Morgan fingerprint density at radius 2 is 2.35 bits per heavy atom. The summed E-state index contributed by atoms with van der Waals surface area (Å²) in [5.74, 6) is 0.885. The number of fused-ring (bicyclic) bond motifs is 1. The van der Waals surface area contributed by atoms with Crippen LogP contribution in [0.3, 0.4) is 0 Å². The molecule has 0 bridgehead atoms. The second kappa shape index (κ2) is 5.55. The lowest BCUT2D eigenvalue weighted by Crippen LogP contribution is -2.16. The average Bonchev–Trinajstić information content (AvgIpc) is 2.77. The maximum Gasteiger partial charge on any atom is 0.120 e. The number of nitrogens with one attached hydrogen (secondary N) is 2. The Kier molecular flexibility index (Phi) is 3.83. The topological polar surface area (TPSA) is 37.0 Å². The summed E-state index contributed by atoms with van der Waals surface area (Å²) in [7, 11) is 1.68. The SMILES string of the molecule is C=CCNCCc1c[nH]c2cc(OC)ccc12. The van der Waals surface area contributed by atoms with Crippen LogP contribution in [0.4, 0.5) is 0 Å². The van der Waals surface area contributed by atoms with E-state index in [0.717, 1.165) is 30.8 Å². The third-order valence-corrected chi connectivity index (χ3v) is 2.83. The molecule has 0 aliphatic rings. The van der Waals surface area contributed by atoms with Crippen LogP contribution in [0.5, 0.6) is 5.75 Å². The molecule has 0 fully saturated rings. The first-order valence-electron chi connectivity index (χ1n) is 5.80. The quantitative estimate of drug-likeness (QED) is 0.591. The van der Waals surface area contributed by atoms with E-state index in [1.54, 1.807) is 7.11 Å². The third-order valence-electron chi connectivity index (χ3n) is 2.83. The second-order valence-electron chi connectivity index (χ2n) is 3.97. The Balaban J connectivity index is 2.10. The van der Waals surface area contributed by atoms with Gasteiger partial charge in [0, 0.05) is 29.7 Å². The van der Waals surface area contributed by atoms with E-state index in [-0.39, 0.29) is 0 Å². The van der Waals surface area contributed by atoms with Crippen LogP contribution in [-0.4, -0.2) is 25.2 Å². The zero-order chi connectivity index (χ0) is 12.1. The van der Waals surface area contributed by atoms with Gasteiger partial charge in [-0.1, -0.05) is 6.08 Å². The number of ether oxygens (including phenoxy) is 1. The van der Waals surface area contributed by atoms with E-state index in [1.165, 1.54) is 10.9 Å². The van der Waals surface area contributed by atoms with Crippen LogP contribution in [0.1, 0.15) is 5.56 Å². The predicted molar refractivity (Wildman–Crippen MR) is 71.6 cm³/mol. The molecule has 2 aromatic rings. The van der Waals surface area contributed by atoms with Gasteiger partial charge in [-0.05, 0) is 30.7 Å². The summed E-state index contributed by atoms with van der Waals surface area (Å²) in [6, 6.07) is 6.13. The summed E-state index contributed by atoms with van der Waals surface area (Å²) in [6.07, 6.45) is 4.96. The molecule has 1 heterocycles. The first-order valence-corrected chi connectivity index (χ1v) is 5.80. The predicted octanol–water partition coefficient (Wildman–Crippen LogP) is 2.49. The van der Waals surface area contributed by atoms with Crippen molar-refractivity contribution >= 4 is 10.9 Å². The molecule has 0 saturated carbocycles. The van der Waals surface area contributed by atoms with Crippen molar-refractivity contribution in [2.75, 3.05) is 20.2 Å². The Hall–Kier alpha value is -1.74. The Bertz CT molecular complexity index is 502. The highest BCUT2D eigenvalue weighted by atomic mass is 16.5. The van der Waals surface area contributed by atoms with Crippen LogP contribution >= 0.6 is 0 Å². The summed E-state index contributed by atoms with van der Waals surface area (Å²) in [4.78, 5) is 3.28. The van der Waals surface area contributed by atoms with Gasteiger partial charge >= 0.3 is 0 Å². The van der Waals surface area contributed by atoms with Crippen LogP contribution in [0.25, 0.3) is 10.9 Å². The van der Waals surface area contributed by atoms with Gasteiger partial charge in [-0.25, -0.2) is 0 Å². The van der Waals surface area contributed by atoms with Crippen LogP contribution in [0.15, 0.2) is 37.1 Å². The molecule has 90 valence electrons. The number of hydrogen-bond acceptors (Lipinski definition) is 2. The lowest BCUT2D eigenvalue weighted by Gasteiger charge is -2.02. The molecule has 0 aliphatic carbocycles. The van der Waals surface area contributed by atoms with Crippen molar-refractivity contribution in [3.63, 3.8) is 0 Å². The minimum Gasteiger partial charge on any atom is -0.497 e. The molecular formula is C14H18N2O. The number of H-pyrrole nitrogens is 1. The maximum absolute atomic E-state index is 5.20. The Labute approximate surface area is 101 Å². The third kappa shape index (κ3) is 2.68. The summed E-state index contributed by atoms with van der Waals surface area (Å²) in [5.41, 5.74) is 2.46. The van der Waals surface area contributed by atoms with Crippen molar-refractivity contribution < 1.29 is 4.74 Å². The maximum atomic E-state index is 5.20. The fourth-order valence-electron chi connectivity index (χ4n) is 1.93. The molecule has 2 rings (SSSR count). The first-order chi connectivity index (χ1) is 8.35. The minimum atomic E-state index is 0.857. The monoisotopic (exact) mass is 230 g/mol. The van der Waals surface area contributed by atoms with E-state index >= 15 is 0 Å². The molecule has 0 unspecified atom stereocenters. The molecule has 0 spiro atoms. The number of aromatic amines is 1. The van der Waals surface area contributed by atoms with Crippen LogP contribution in [0, 0.1) is 0 Å². The minimum absolute atomic E-state index is 0.857. The molecule has 0 amide bonds. The zero-order valence-electron chi connectivity index (χ0n) is 10.1. The van der Waals surface area contributed by atoms with Crippen LogP contribution < -0.4 is 10.1 Å². The highest BCUT2D eigenvalue weighted by Crippen LogP contribution is 2.23. The molecule has 3 nitrogen and oxygen atoms in total. The zero-order valence-corrected chi connectivity index (χ0v) is 10.1. The van der Waals surface area contributed by atoms with Crippen molar-refractivity contribution in [2.45, 2.75) is 6.42 Å². The summed E-state index contributed by atoms with van der Waals surface area (Å²) in [6.45, 7) is 5.50. The molecule has 0 radical (unpaired) electrons. The highest BCUT2D eigenvalue weighted by Gasteiger charge is 2.04. The van der Waals surface area contributed by atoms with Crippen molar-refractivity contribution in [1.82, 2.24) is 10.3 Å². The van der Waals surface area contributed by atoms with E-state index in [0.29, 0.717) is 0 Å². The van der Waals surface area contributed by atoms with Gasteiger partial charge < -0.3 is 15.0 Å². The lowest BCUT2D eigenvalue weighted by molar-refractivity contribution is 0.415. The van der Waals surface area contributed by atoms with Crippen LogP contribution in [0.2, 0.25) is 0 Å². The molecule has 1 aromatic heterocycles. The summed E-state index contributed by atoms with van der Waals surface area (Å²) < 4.78 is 5.20. The Morgan fingerprint density at radius 3 is 3.12 bits per heavy atom. The number of benzene rings is 1. The molecule has 1 aromatic carbocycles. The van der Waals surface area contributed by atoms with Gasteiger partial charge in [-0.3, -0.25) is 0 Å². The van der Waals surface area contributed by atoms with E-state index in [4.69, 9.17) is 4.74 Å². The fraction of sp³-hybridized carbons (Fsp3) is 0.286. The second-order valence-corrected chi connectivity index (χ2v) is 3.97. The van der Waals surface area contributed by atoms with E-state index in [9.17, 15) is 0 Å². The van der Waals surface area contributed by atoms with Gasteiger partial charge in [0.15, 0.2) is 0 Å². The standard InChI is InChI=1S/C14H18N2O/c1-3-7-15-8-6-11-10-16-14-9-12(17-2)4-5-13(11)14/h3-5,9-10,15-16H,1,6-8H2,2H3. The molecule has 0 saturated heterocycles. The number of hydrogen-bond donors (Lipinski definition) is 2. The van der Waals surface area contributed by atoms with Gasteiger partial charge in [-0.15, -0.1) is 6.58 Å². The van der Waals surface area contributed by atoms with Gasteiger partial charge in [0.05, 0.1) is 7.11 Å². The molecular weight excluding hydrogens is 212 g/mol. The number of rotatable bonds is 6. The number of methoxy groups -OCH3 is 1. The molecule has 17 heavy (non-hydrogen) atoms. The van der Waals surface area contributed by atoms with Gasteiger partial charge in [0.25, 0.3) is 0 Å². The van der Waals surface area contributed by atoms with E-state index in [1.807, 2.05) is 18.2 Å². The summed E-state index contributed by atoms with van der Waals surface area (Å²) >= 11 is 0. The number of aromatic nitrogens is 1. The van der Waals surface area contributed by atoms with Crippen LogP contribution in [-0.2, 0) is 6.42 Å². The highest BCUT2D eigenvalue weighted by molar-refractivity contribution is 5.84. The van der Waals surface area contributed by atoms with Crippen molar-refractivity contribution in [2.24, 2.45) is 0 Å². The first kappa shape index (κ1) is 11.7. The largest absolute Gasteiger partial charge is 0.497 e. The van der Waals surface area contributed by atoms with Gasteiger partial charge in [0.2, 0.25) is 0 Å². The normalized spacial score (nSPS) is 10.6. The van der Waals surface area contributed by atoms with Crippen molar-refractivity contribution in [3.8, 4) is 5.75 Å². The smallest absolute Gasteiger partial charge is 0.120 e. The van der Waals surface area contributed by atoms with Gasteiger partial charge in [-0.2, -0.15) is 0 Å². The summed E-state index contributed by atoms with van der Waals surface area (Å²) in [5, 5.41) is 4.57. The average molecular weight is 230 g/mol. The molecule has 0 atom stereocenters. The Morgan fingerprint density at radius 1 is 1.47 bits per heavy atom. The lowest BCUT2D eigenvalue weighted by atomic mass is 10.1.